The summed E-state index contributed by atoms with van der Waals surface area (Å²) in [6, 6.07) is 18.2. The van der Waals surface area contributed by atoms with Crippen LogP contribution in [-0.4, -0.2) is 44.4 Å². The van der Waals surface area contributed by atoms with Gasteiger partial charge in [-0.2, -0.15) is 0 Å². The SMILES string of the molecule is COc1ccc(/C=N\OCc2nc3c4c5c(sc4ncn3n2)CN(Cc2ccccc2)CC5)cc1. The second-order valence-corrected chi connectivity index (χ2v) is 9.54. The quantitative estimate of drug-likeness (QED) is 0.251. The normalized spacial score (nSPS) is 14.1. The van der Waals surface area contributed by atoms with Crippen LogP contribution < -0.4 is 4.74 Å². The Hall–Kier alpha value is -3.82. The van der Waals surface area contributed by atoms with E-state index in [0.29, 0.717) is 5.82 Å². The van der Waals surface area contributed by atoms with Crippen LogP contribution in [0.2, 0.25) is 0 Å². The number of aromatic nitrogens is 4. The van der Waals surface area contributed by atoms with Crippen LogP contribution in [0.3, 0.4) is 0 Å². The van der Waals surface area contributed by atoms with Gasteiger partial charge in [-0.15, -0.1) is 16.4 Å². The summed E-state index contributed by atoms with van der Waals surface area (Å²) in [7, 11) is 1.64. The monoisotopic (exact) mass is 484 g/mol. The Labute approximate surface area is 206 Å². The lowest BCUT2D eigenvalue weighted by Gasteiger charge is -2.26. The number of nitrogens with zero attached hydrogens (tertiary/aromatic N) is 6. The molecule has 5 aromatic rings. The van der Waals surface area contributed by atoms with Crippen LogP contribution in [0.1, 0.15) is 27.4 Å². The van der Waals surface area contributed by atoms with Crippen LogP contribution in [0.15, 0.2) is 66.1 Å². The molecule has 0 radical (unpaired) electrons. The van der Waals surface area contributed by atoms with Gasteiger partial charge in [0.15, 0.2) is 18.1 Å². The van der Waals surface area contributed by atoms with E-state index in [1.54, 1.807) is 35.5 Å². The Morgan fingerprint density at radius 1 is 1.11 bits per heavy atom. The number of hydrogen-bond donors (Lipinski definition) is 0. The highest BCUT2D eigenvalue weighted by Gasteiger charge is 2.24. The van der Waals surface area contributed by atoms with E-state index in [9.17, 15) is 0 Å². The first-order valence-corrected chi connectivity index (χ1v) is 12.3. The van der Waals surface area contributed by atoms with Crippen LogP contribution in [0.5, 0.6) is 5.75 Å². The summed E-state index contributed by atoms with van der Waals surface area (Å²) in [4.78, 5) is 19.8. The summed E-state index contributed by atoms with van der Waals surface area (Å²) >= 11 is 1.76. The third-order valence-corrected chi connectivity index (χ3v) is 7.26. The van der Waals surface area contributed by atoms with Gasteiger partial charge in [0.25, 0.3) is 0 Å². The zero-order valence-electron chi connectivity index (χ0n) is 19.3. The molecule has 3 aromatic heterocycles. The third-order valence-electron chi connectivity index (χ3n) is 6.14. The highest BCUT2D eigenvalue weighted by atomic mass is 32.1. The number of fused-ring (bicyclic) bond motifs is 5. The minimum absolute atomic E-state index is 0.188. The van der Waals surface area contributed by atoms with Crippen LogP contribution in [0.4, 0.5) is 0 Å². The van der Waals surface area contributed by atoms with Crippen molar-refractivity contribution in [3.8, 4) is 5.75 Å². The van der Waals surface area contributed by atoms with Gasteiger partial charge in [0.1, 0.15) is 16.9 Å². The standard InChI is InChI=1S/C26H24N6O2S/c1-33-20-9-7-18(8-10-20)13-28-34-16-23-29-25-24-21-11-12-31(14-19-5-3-2-4-6-19)15-22(21)35-26(24)27-17-32(25)30-23/h2-10,13,17H,11-12,14-16H2,1H3/b28-13-. The van der Waals surface area contributed by atoms with Gasteiger partial charge in [-0.3, -0.25) is 4.90 Å². The molecule has 0 spiro atoms. The number of hydrogen-bond acceptors (Lipinski definition) is 8. The first-order valence-electron chi connectivity index (χ1n) is 11.5. The van der Waals surface area contributed by atoms with Crippen LogP contribution in [0, 0.1) is 0 Å². The first-order chi connectivity index (χ1) is 17.3. The van der Waals surface area contributed by atoms with Crippen LogP contribution in [0.25, 0.3) is 15.9 Å². The Morgan fingerprint density at radius 3 is 2.80 bits per heavy atom. The topological polar surface area (TPSA) is 77.1 Å². The van der Waals surface area contributed by atoms with Gasteiger partial charge in [0.05, 0.1) is 18.7 Å². The number of methoxy groups -OCH3 is 1. The molecule has 0 amide bonds. The molecule has 0 N–H and O–H groups in total. The van der Waals surface area contributed by atoms with Crippen molar-refractivity contribution < 1.29 is 9.57 Å². The molecule has 6 rings (SSSR count). The third kappa shape index (κ3) is 4.48. The summed E-state index contributed by atoms with van der Waals surface area (Å²) < 4.78 is 6.92. The molecule has 8 nitrogen and oxygen atoms in total. The fraction of sp³-hybridized carbons (Fsp3) is 0.231. The van der Waals surface area contributed by atoms with E-state index in [1.165, 1.54) is 16.0 Å². The van der Waals surface area contributed by atoms with Crippen molar-refractivity contribution in [1.82, 2.24) is 24.5 Å². The van der Waals surface area contributed by atoms with Crippen molar-refractivity contribution in [3.63, 3.8) is 0 Å². The Kier molecular flexibility index (Phi) is 5.85. The van der Waals surface area contributed by atoms with Gasteiger partial charge < -0.3 is 9.57 Å². The molecule has 35 heavy (non-hydrogen) atoms. The van der Waals surface area contributed by atoms with Gasteiger partial charge >= 0.3 is 0 Å². The molecule has 1 aliphatic heterocycles. The zero-order valence-corrected chi connectivity index (χ0v) is 20.1. The molecule has 9 heteroatoms. The van der Waals surface area contributed by atoms with Gasteiger partial charge in [0, 0.05) is 24.5 Å². The van der Waals surface area contributed by atoms with Crippen LogP contribution >= 0.6 is 11.3 Å². The van der Waals surface area contributed by atoms with Gasteiger partial charge in [-0.25, -0.2) is 14.5 Å². The van der Waals surface area contributed by atoms with E-state index in [1.807, 2.05) is 24.3 Å². The summed E-state index contributed by atoms with van der Waals surface area (Å²) in [5.74, 6) is 1.38. The Bertz CT molecular complexity index is 1490. The fourth-order valence-electron chi connectivity index (χ4n) is 4.41. The van der Waals surface area contributed by atoms with Crippen molar-refractivity contribution in [3.05, 3.63) is 88.3 Å². The molecule has 0 atom stereocenters. The summed E-state index contributed by atoms with van der Waals surface area (Å²) in [6.07, 6.45) is 4.37. The molecule has 1 aliphatic rings. The molecule has 0 saturated carbocycles. The van der Waals surface area contributed by atoms with E-state index in [-0.39, 0.29) is 6.61 Å². The number of thiophene rings is 1. The lowest BCUT2D eigenvalue weighted by atomic mass is 10.0. The molecule has 176 valence electrons. The van der Waals surface area contributed by atoms with E-state index >= 15 is 0 Å². The lowest BCUT2D eigenvalue weighted by molar-refractivity contribution is 0.126. The maximum absolute atomic E-state index is 5.46. The fourth-order valence-corrected chi connectivity index (χ4v) is 5.63. The summed E-state index contributed by atoms with van der Waals surface area (Å²) in [5, 5.41) is 9.72. The molecular weight excluding hydrogens is 460 g/mol. The first kappa shape index (κ1) is 21.7. The predicted octanol–water partition coefficient (Wildman–Crippen LogP) is 4.46. The van der Waals surface area contributed by atoms with Crippen molar-refractivity contribution >= 4 is 33.4 Å². The number of ether oxygens (including phenoxy) is 1. The minimum Gasteiger partial charge on any atom is -0.497 e. The highest BCUT2D eigenvalue weighted by molar-refractivity contribution is 7.19. The zero-order chi connectivity index (χ0) is 23.6. The van der Waals surface area contributed by atoms with E-state index in [4.69, 9.17) is 14.6 Å². The molecule has 0 fully saturated rings. The second kappa shape index (κ2) is 9.44. The molecule has 2 aromatic carbocycles. The smallest absolute Gasteiger partial charge is 0.192 e. The van der Waals surface area contributed by atoms with E-state index < -0.39 is 0 Å². The van der Waals surface area contributed by atoms with Gasteiger partial charge in [0.2, 0.25) is 0 Å². The maximum atomic E-state index is 5.46. The summed E-state index contributed by atoms with van der Waals surface area (Å²) in [6.45, 7) is 3.09. The van der Waals surface area contributed by atoms with Crippen molar-refractivity contribution in [2.24, 2.45) is 5.16 Å². The molecule has 4 heterocycles. The Morgan fingerprint density at radius 2 is 1.97 bits per heavy atom. The second-order valence-electron chi connectivity index (χ2n) is 8.45. The molecule has 0 aliphatic carbocycles. The largest absolute Gasteiger partial charge is 0.497 e. The molecular formula is C26H24N6O2S. The highest BCUT2D eigenvalue weighted by Crippen LogP contribution is 2.36. The molecule has 0 saturated heterocycles. The van der Waals surface area contributed by atoms with Gasteiger partial charge in [-0.05, 0) is 47.4 Å². The van der Waals surface area contributed by atoms with E-state index in [2.05, 4.69) is 50.5 Å². The number of oxime groups is 1. The van der Waals surface area contributed by atoms with Crippen molar-refractivity contribution in [1.29, 1.82) is 0 Å². The number of rotatable bonds is 7. The predicted molar refractivity (Wildman–Crippen MR) is 136 cm³/mol. The lowest BCUT2D eigenvalue weighted by Crippen LogP contribution is -2.29. The van der Waals surface area contributed by atoms with E-state index in [0.717, 1.165) is 53.2 Å². The Balaban J connectivity index is 1.18. The molecule has 0 bridgehead atoms. The summed E-state index contributed by atoms with van der Waals surface area (Å²) in [5.41, 5.74) is 4.45. The number of benzene rings is 2. The van der Waals surface area contributed by atoms with Crippen molar-refractivity contribution in [2.45, 2.75) is 26.1 Å². The van der Waals surface area contributed by atoms with Crippen LogP contribution in [-0.2, 0) is 31.0 Å². The molecule has 0 unspecified atom stereocenters. The average Bonchev–Trinajstić information content (AvgIpc) is 3.48. The maximum Gasteiger partial charge on any atom is 0.192 e. The van der Waals surface area contributed by atoms with Gasteiger partial charge in [-0.1, -0.05) is 35.5 Å². The minimum atomic E-state index is 0.188. The van der Waals surface area contributed by atoms with Crippen molar-refractivity contribution in [2.75, 3.05) is 13.7 Å². The average molecular weight is 485 g/mol.